The zero-order valence-electron chi connectivity index (χ0n) is 45.8. The molecule has 1 N–H and O–H groups in total. The van der Waals surface area contributed by atoms with Gasteiger partial charge < -0.3 is 28.5 Å². The average molecular weight is 990 g/mol. The van der Waals surface area contributed by atoms with Crippen LogP contribution in [0.25, 0.3) is 0 Å². The molecule has 0 fully saturated rings. The summed E-state index contributed by atoms with van der Waals surface area (Å²) in [6.07, 6.45) is 60.4. The van der Waals surface area contributed by atoms with E-state index < -0.39 is 26.6 Å². The third-order valence-electron chi connectivity index (χ3n) is 12.5. The van der Waals surface area contributed by atoms with Crippen molar-refractivity contribution in [3.05, 3.63) is 60.8 Å². The van der Waals surface area contributed by atoms with Crippen molar-refractivity contribution in [3.63, 3.8) is 0 Å². The first-order valence-corrected chi connectivity index (χ1v) is 30.1. The lowest BCUT2D eigenvalue weighted by Crippen LogP contribution is -2.47. The molecule has 0 aromatic heterocycles. The number of unbranched alkanes of at least 4 members (excludes halogenated alkanes) is 27. The number of carbonyl (C=O) groups is 2. The molecular formula is C59H109N2O7P. The molecule has 0 saturated heterocycles. The van der Waals surface area contributed by atoms with Crippen molar-refractivity contribution in [3.8, 4) is 0 Å². The van der Waals surface area contributed by atoms with Gasteiger partial charge in [0.1, 0.15) is 19.3 Å². The van der Waals surface area contributed by atoms with Gasteiger partial charge >= 0.3 is 5.97 Å². The number of ether oxygens (including phenoxy) is 1. The van der Waals surface area contributed by atoms with E-state index in [-0.39, 0.29) is 31.3 Å². The Morgan fingerprint density at radius 2 is 0.928 bits per heavy atom. The fourth-order valence-electron chi connectivity index (χ4n) is 8.04. The van der Waals surface area contributed by atoms with Crippen molar-refractivity contribution in [1.82, 2.24) is 5.32 Å². The lowest BCUT2D eigenvalue weighted by atomic mass is 10.0. The van der Waals surface area contributed by atoms with Crippen LogP contribution < -0.4 is 10.2 Å². The Balaban J connectivity index is 5.43. The minimum atomic E-state index is -4.70. The number of likely N-dealkylation sites (N-methyl/N-ethyl adjacent to an activating group) is 1. The molecule has 0 aliphatic rings. The Labute approximate surface area is 426 Å². The van der Waals surface area contributed by atoms with Crippen molar-refractivity contribution in [1.29, 1.82) is 0 Å². The summed E-state index contributed by atoms with van der Waals surface area (Å²) in [5.74, 6) is -0.573. The molecule has 0 saturated carbocycles. The number of rotatable bonds is 51. The molecule has 0 aromatic carbocycles. The number of phosphoric ester groups is 1. The molecule has 0 radical (unpaired) electrons. The summed E-state index contributed by atoms with van der Waals surface area (Å²) in [7, 11) is 1.16. The first-order chi connectivity index (χ1) is 33.4. The molecule has 0 aromatic rings. The van der Waals surface area contributed by atoms with Crippen LogP contribution in [0.5, 0.6) is 0 Å². The molecule has 10 heteroatoms. The molecule has 0 aliphatic heterocycles. The topological polar surface area (TPSA) is 114 Å². The van der Waals surface area contributed by atoms with Gasteiger partial charge in [-0.3, -0.25) is 14.2 Å². The van der Waals surface area contributed by atoms with Crippen LogP contribution in [0.2, 0.25) is 0 Å². The van der Waals surface area contributed by atoms with Crippen molar-refractivity contribution >= 4 is 19.7 Å². The zero-order valence-corrected chi connectivity index (χ0v) is 46.7. The van der Waals surface area contributed by atoms with Crippen molar-refractivity contribution in [2.45, 2.75) is 264 Å². The normalized spacial score (nSPS) is 14.2. The second-order valence-corrected chi connectivity index (χ2v) is 21.8. The van der Waals surface area contributed by atoms with Crippen LogP contribution in [0.4, 0.5) is 0 Å². The maximum atomic E-state index is 13.5. The van der Waals surface area contributed by atoms with Crippen LogP contribution in [0.3, 0.4) is 0 Å². The number of hydrogen-bond acceptors (Lipinski definition) is 7. The van der Waals surface area contributed by atoms with Gasteiger partial charge in [0.05, 0.1) is 33.8 Å². The maximum Gasteiger partial charge on any atom is 0.306 e. The van der Waals surface area contributed by atoms with Gasteiger partial charge in [-0.25, -0.2) is 0 Å². The minimum Gasteiger partial charge on any atom is -0.756 e. The lowest BCUT2D eigenvalue weighted by molar-refractivity contribution is -0.870. The Morgan fingerprint density at radius 3 is 1.41 bits per heavy atom. The number of amides is 1. The summed E-state index contributed by atoms with van der Waals surface area (Å²) in [4.78, 5) is 39.8. The van der Waals surface area contributed by atoms with E-state index in [1.165, 1.54) is 128 Å². The summed E-state index contributed by atoms with van der Waals surface area (Å²) in [6.45, 7) is 6.71. The Morgan fingerprint density at radius 1 is 0.522 bits per heavy atom. The third kappa shape index (κ3) is 50.4. The van der Waals surface area contributed by atoms with Gasteiger partial charge in [0.25, 0.3) is 7.82 Å². The Bertz CT molecular complexity index is 1370. The number of hydrogen-bond donors (Lipinski definition) is 1. The highest BCUT2D eigenvalue weighted by atomic mass is 31.2. The van der Waals surface area contributed by atoms with Gasteiger partial charge in [0.15, 0.2) is 0 Å². The quantitative estimate of drug-likeness (QED) is 0.0212. The van der Waals surface area contributed by atoms with E-state index in [4.69, 9.17) is 13.8 Å². The smallest absolute Gasteiger partial charge is 0.306 e. The van der Waals surface area contributed by atoms with Gasteiger partial charge in [-0.05, 0) is 70.3 Å². The van der Waals surface area contributed by atoms with Crippen LogP contribution in [0.15, 0.2) is 60.8 Å². The number of nitrogens with zero attached hydrogens (tertiary/aromatic N) is 1. The van der Waals surface area contributed by atoms with Crippen LogP contribution in [-0.2, 0) is 27.9 Å². The van der Waals surface area contributed by atoms with E-state index in [9.17, 15) is 19.0 Å². The minimum absolute atomic E-state index is 0.0291. The summed E-state index contributed by atoms with van der Waals surface area (Å²) >= 11 is 0. The monoisotopic (exact) mass is 989 g/mol. The standard InChI is InChI=1S/C59H109N2O7P/c1-7-10-13-16-19-22-25-28-30-31-33-36-39-42-45-48-51-58(62)60-56(55-67-69(64,65)66-54-53-61(4,5)6)57(50-47-44-41-38-35-32-27-24-21-18-15-12-9-3)68-59(63)52-49-46-43-40-37-34-29-26-23-20-17-14-11-8-2/h10,13,19,22,28,30,33,36,47,50,56-57H,7-9,11-12,14-18,20-21,23-27,29,31-32,34-35,37-46,48-49,51-55H2,1-6H3,(H-,60,62,64,65)/b13-10+,22-19+,30-28+,36-33+,50-47+. The molecule has 9 nitrogen and oxygen atoms in total. The molecule has 1 amide bonds. The summed E-state index contributed by atoms with van der Waals surface area (Å²) in [5.41, 5.74) is 0. The third-order valence-corrected chi connectivity index (χ3v) is 13.4. The first kappa shape index (κ1) is 66.7. The molecule has 0 spiro atoms. The highest BCUT2D eigenvalue weighted by Gasteiger charge is 2.27. The largest absolute Gasteiger partial charge is 0.756 e. The summed E-state index contributed by atoms with van der Waals surface area (Å²) < 4.78 is 30.2. The van der Waals surface area contributed by atoms with E-state index in [1.807, 2.05) is 33.3 Å². The molecule has 0 heterocycles. The highest BCUT2D eigenvalue weighted by Crippen LogP contribution is 2.38. The van der Waals surface area contributed by atoms with Crippen LogP contribution in [0, 0.1) is 0 Å². The fourth-order valence-corrected chi connectivity index (χ4v) is 8.76. The second-order valence-electron chi connectivity index (χ2n) is 20.4. The SMILES string of the molecule is CC/C=C/C/C=C/C/C=C/C/C=C/CCCCCC(=O)NC(COP(=O)([O-])OCC[N+](C)(C)C)C(/C=C/CCCCCCCCCCCCC)OC(=O)CCCCCCCCCCCCCCCC. The number of carbonyl (C=O) groups excluding carboxylic acids is 2. The molecule has 3 unspecified atom stereocenters. The Hall–Kier alpha value is -2.29. The Kier molecular flexibility index (Phi) is 47.7. The van der Waals surface area contributed by atoms with E-state index in [1.54, 1.807) is 0 Å². The average Bonchev–Trinajstić information content (AvgIpc) is 3.31. The van der Waals surface area contributed by atoms with Gasteiger partial charge in [0.2, 0.25) is 5.91 Å². The van der Waals surface area contributed by atoms with Gasteiger partial charge in [-0.1, -0.05) is 230 Å². The van der Waals surface area contributed by atoms with E-state index in [0.717, 1.165) is 83.5 Å². The number of esters is 1. The van der Waals surface area contributed by atoms with Gasteiger partial charge in [0, 0.05) is 12.8 Å². The van der Waals surface area contributed by atoms with E-state index in [0.29, 0.717) is 17.4 Å². The molecule has 0 rings (SSSR count). The van der Waals surface area contributed by atoms with Gasteiger partial charge in [-0.15, -0.1) is 0 Å². The van der Waals surface area contributed by atoms with Crippen LogP contribution in [-0.4, -0.2) is 69.4 Å². The predicted octanol–water partition coefficient (Wildman–Crippen LogP) is 16.5. The summed E-state index contributed by atoms with van der Waals surface area (Å²) in [6, 6.07) is -0.903. The number of allylic oxidation sites excluding steroid dienone is 9. The van der Waals surface area contributed by atoms with E-state index >= 15 is 0 Å². The number of quaternary nitrogens is 1. The van der Waals surface area contributed by atoms with Gasteiger partial charge in [-0.2, -0.15) is 0 Å². The lowest BCUT2D eigenvalue weighted by Gasteiger charge is -2.30. The van der Waals surface area contributed by atoms with Crippen molar-refractivity contribution in [2.24, 2.45) is 0 Å². The number of nitrogens with one attached hydrogen (secondary N) is 1. The molecule has 0 bridgehead atoms. The molecule has 3 atom stereocenters. The molecule has 69 heavy (non-hydrogen) atoms. The predicted molar refractivity (Wildman–Crippen MR) is 293 cm³/mol. The van der Waals surface area contributed by atoms with Crippen LogP contribution in [0.1, 0.15) is 252 Å². The summed E-state index contributed by atoms with van der Waals surface area (Å²) in [5, 5.41) is 3.00. The molecule has 402 valence electrons. The van der Waals surface area contributed by atoms with Crippen LogP contribution >= 0.6 is 7.82 Å². The number of phosphoric acid groups is 1. The maximum absolute atomic E-state index is 13.5. The fraction of sp³-hybridized carbons (Fsp3) is 0.797. The molecule has 0 aliphatic carbocycles. The highest BCUT2D eigenvalue weighted by molar-refractivity contribution is 7.45. The second kappa shape index (κ2) is 49.3. The zero-order chi connectivity index (χ0) is 50.8. The van der Waals surface area contributed by atoms with E-state index in [2.05, 4.69) is 74.7 Å². The van der Waals surface area contributed by atoms with Crippen molar-refractivity contribution in [2.75, 3.05) is 40.9 Å². The van der Waals surface area contributed by atoms with Crippen molar-refractivity contribution < 1.29 is 37.3 Å². The first-order valence-electron chi connectivity index (χ1n) is 28.6. The molecular weight excluding hydrogens is 880 g/mol.